The monoisotopic (exact) mass is 358 g/mol. The molecule has 3 N–H and O–H groups in total. The molecule has 0 aromatic heterocycles. The van der Waals surface area contributed by atoms with E-state index < -0.39 is 0 Å². The highest BCUT2D eigenvalue weighted by Crippen LogP contribution is 2.27. The van der Waals surface area contributed by atoms with Gasteiger partial charge in [-0.1, -0.05) is 39.5 Å². The van der Waals surface area contributed by atoms with Crippen molar-refractivity contribution in [1.82, 2.24) is 10.2 Å². The van der Waals surface area contributed by atoms with Crippen molar-refractivity contribution < 1.29 is 4.79 Å². The molecule has 0 bridgehead atoms. The first-order chi connectivity index (χ1) is 12.4. The van der Waals surface area contributed by atoms with E-state index in [2.05, 4.69) is 37.0 Å². The zero-order valence-corrected chi connectivity index (χ0v) is 16.3. The van der Waals surface area contributed by atoms with E-state index in [-0.39, 0.29) is 17.9 Å². The molecule has 1 fully saturated rings. The van der Waals surface area contributed by atoms with E-state index in [1.54, 1.807) is 6.21 Å². The van der Waals surface area contributed by atoms with Crippen LogP contribution < -0.4 is 11.1 Å². The summed E-state index contributed by atoms with van der Waals surface area (Å²) in [5.41, 5.74) is 8.15. The predicted molar refractivity (Wildman–Crippen MR) is 110 cm³/mol. The van der Waals surface area contributed by atoms with E-state index in [9.17, 15) is 4.79 Å². The maximum atomic E-state index is 13.1. The smallest absolute Gasteiger partial charge is 0.226 e. The summed E-state index contributed by atoms with van der Waals surface area (Å²) in [5, 5.41) is 3.29. The van der Waals surface area contributed by atoms with Crippen molar-refractivity contribution in [2.45, 2.75) is 58.4 Å². The summed E-state index contributed by atoms with van der Waals surface area (Å²) in [6.45, 7) is 16.4. The van der Waals surface area contributed by atoms with Gasteiger partial charge >= 0.3 is 0 Å². The van der Waals surface area contributed by atoms with Crippen LogP contribution in [-0.2, 0) is 4.79 Å². The minimum atomic E-state index is -0.0859. The van der Waals surface area contributed by atoms with Crippen LogP contribution in [0.2, 0.25) is 0 Å². The fourth-order valence-electron chi connectivity index (χ4n) is 3.30. The Kier molecular flexibility index (Phi) is 9.48. The SMILES string of the molecule is C=CN=C/C=C(\C)NC(=C)C1CCCN1C(=O)C(CCCC)CC(=C)N. The molecule has 0 aromatic carbocycles. The van der Waals surface area contributed by atoms with Crippen molar-refractivity contribution in [2.75, 3.05) is 6.54 Å². The Morgan fingerprint density at radius 3 is 2.81 bits per heavy atom. The molecule has 0 saturated carbocycles. The number of nitrogens with zero attached hydrogens (tertiary/aromatic N) is 2. The predicted octanol–water partition coefficient (Wildman–Crippen LogP) is 3.87. The molecule has 5 heteroatoms. The number of nitrogens with two attached hydrogens (primary N) is 1. The number of likely N-dealkylation sites (tertiary alicyclic amines) is 1. The van der Waals surface area contributed by atoms with Gasteiger partial charge in [-0.15, -0.1) is 0 Å². The normalized spacial score (nSPS) is 18.8. The minimum Gasteiger partial charge on any atom is -0.402 e. The third kappa shape index (κ3) is 6.90. The van der Waals surface area contributed by atoms with Crippen molar-refractivity contribution in [3.8, 4) is 0 Å². The second-order valence-corrected chi connectivity index (χ2v) is 6.87. The van der Waals surface area contributed by atoms with E-state index in [1.807, 2.05) is 17.9 Å². The Labute approximate surface area is 158 Å². The lowest BCUT2D eigenvalue weighted by atomic mass is 9.95. The molecule has 0 spiro atoms. The van der Waals surface area contributed by atoms with Crippen molar-refractivity contribution in [3.63, 3.8) is 0 Å². The highest BCUT2D eigenvalue weighted by atomic mass is 16.2. The van der Waals surface area contributed by atoms with Crippen molar-refractivity contribution in [3.05, 3.63) is 49.1 Å². The third-order valence-electron chi connectivity index (χ3n) is 4.58. The summed E-state index contributed by atoms with van der Waals surface area (Å²) in [6.07, 6.45) is 10.4. The molecule has 1 aliphatic heterocycles. The zero-order chi connectivity index (χ0) is 19.5. The number of nitrogens with one attached hydrogen (secondary N) is 1. The number of unbranched alkanes of at least 4 members (excludes halogenated alkanes) is 1. The van der Waals surface area contributed by atoms with Crippen molar-refractivity contribution in [2.24, 2.45) is 16.6 Å². The van der Waals surface area contributed by atoms with Crippen LogP contribution in [0.4, 0.5) is 0 Å². The van der Waals surface area contributed by atoms with Crippen LogP contribution in [0.3, 0.4) is 0 Å². The highest BCUT2D eigenvalue weighted by molar-refractivity contribution is 5.80. The minimum absolute atomic E-state index is 0.0114. The number of amides is 1. The van der Waals surface area contributed by atoms with E-state index >= 15 is 0 Å². The number of carbonyl (C=O) groups excluding carboxylic acids is 1. The van der Waals surface area contributed by atoms with Gasteiger partial charge in [0.15, 0.2) is 0 Å². The molecular weight excluding hydrogens is 324 g/mol. The fourth-order valence-corrected chi connectivity index (χ4v) is 3.30. The first-order valence-electron chi connectivity index (χ1n) is 9.41. The first-order valence-corrected chi connectivity index (χ1v) is 9.41. The average Bonchev–Trinajstić information content (AvgIpc) is 3.07. The molecule has 26 heavy (non-hydrogen) atoms. The molecule has 1 heterocycles. The first kappa shape index (κ1) is 21.7. The lowest BCUT2D eigenvalue weighted by molar-refractivity contribution is -0.136. The summed E-state index contributed by atoms with van der Waals surface area (Å²) < 4.78 is 0. The van der Waals surface area contributed by atoms with Gasteiger partial charge in [-0.25, -0.2) is 0 Å². The summed E-state index contributed by atoms with van der Waals surface area (Å²) >= 11 is 0. The van der Waals surface area contributed by atoms with E-state index in [1.165, 1.54) is 6.20 Å². The molecule has 1 amide bonds. The highest BCUT2D eigenvalue weighted by Gasteiger charge is 2.34. The van der Waals surface area contributed by atoms with Crippen LogP contribution in [0.5, 0.6) is 0 Å². The third-order valence-corrected chi connectivity index (χ3v) is 4.58. The summed E-state index contributed by atoms with van der Waals surface area (Å²) in [4.78, 5) is 19.0. The van der Waals surface area contributed by atoms with Crippen LogP contribution in [0.15, 0.2) is 54.1 Å². The Hall–Kier alpha value is -2.30. The van der Waals surface area contributed by atoms with Gasteiger partial charge in [0.2, 0.25) is 5.91 Å². The topological polar surface area (TPSA) is 70.7 Å². The Bertz CT molecular complexity index is 577. The maximum absolute atomic E-state index is 13.1. The molecule has 5 nitrogen and oxygen atoms in total. The zero-order valence-electron chi connectivity index (χ0n) is 16.3. The largest absolute Gasteiger partial charge is 0.402 e. The van der Waals surface area contributed by atoms with Crippen LogP contribution in [0.1, 0.15) is 52.4 Å². The lowest BCUT2D eigenvalue weighted by Crippen LogP contribution is -2.43. The molecule has 2 atom stereocenters. The van der Waals surface area contributed by atoms with Crippen molar-refractivity contribution in [1.29, 1.82) is 0 Å². The molecule has 144 valence electrons. The van der Waals surface area contributed by atoms with Crippen molar-refractivity contribution >= 4 is 12.1 Å². The standard InChI is InChI=1S/C21H34N4O/c1-6-8-10-19(15-16(3)22)21(26)25-14-9-11-20(25)18(5)24-17(4)12-13-23-7-2/h7,12-13,19-20,24H,2-3,5-6,8-11,14-15,22H2,1,4H3/b17-12+,23-13?. The molecule has 1 rings (SSSR count). The van der Waals surface area contributed by atoms with Crippen LogP contribution in [0.25, 0.3) is 0 Å². The van der Waals surface area contributed by atoms with Gasteiger partial charge in [0.25, 0.3) is 0 Å². The quantitative estimate of drug-likeness (QED) is 0.551. The maximum Gasteiger partial charge on any atom is 0.226 e. The van der Waals surface area contributed by atoms with Gasteiger partial charge in [0.05, 0.1) is 6.04 Å². The Morgan fingerprint density at radius 1 is 1.46 bits per heavy atom. The van der Waals surface area contributed by atoms with Gasteiger partial charge in [0, 0.05) is 42.0 Å². The van der Waals surface area contributed by atoms with Gasteiger partial charge < -0.3 is 16.0 Å². The molecule has 2 unspecified atom stereocenters. The molecule has 0 aromatic rings. The number of allylic oxidation sites excluding steroid dienone is 3. The fraction of sp³-hybridized carbons (Fsp3) is 0.524. The summed E-state index contributed by atoms with van der Waals surface area (Å²) in [5.74, 6) is 0.0857. The molecule has 0 radical (unpaired) electrons. The molecule has 0 aliphatic carbocycles. The van der Waals surface area contributed by atoms with Gasteiger partial charge in [-0.3, -0.25) is 9.79 Å². The number of hydrogen-bond donors (Lipinski definition) is 2. The number of rotatable bonds is 11. The summed E-state index contributed by atoms with van der Waals surface area (Å²) in [6, 6.07) is 0.0114. The van der Waals surface area contributed by atoms with E-state index in [0.29, 0.717) is 12.1 Å². The van der Waals surface area contributed by atoms with Gasteiger partial charge in [-0.05, 0) is 38.7 Å². The number of aliphatic imine (C=N–C) groups is 1. The molecule has 1 aliphatic rings. The van der Waals surface area contributed by atoms with Gasteiger partial charge in [-0.2, -0.15) is 0 Å². The lowest BCUT2D eigenvalue weighted by Gasteiger charge is -2.30. The molecular formula is C21H34N4O. The number of hydrogen-bond acceptors (Lipinski definition) is 4. The average molecular weight is 359 g/mol. The van der Waals surface area contributed by atoms with Crippen LogP contribution >= 0.6 is 0 Å². The number of carbonyl (C=O) groups is 1. The Balaban J connectivity index is 2.80. The van der Waals surface area contributed by atoms with Crippen LogP contribution in [0, 0.1) is 5.92 Å². The van der Waals surface area contributed by atoms with Crippen LogP contribution in [-0.4, -0.2) is 29.6 Å². The Morgan fingerprint density at radius 2 is 2.19 bits per heavy atom. The molecule has 1 saturated heterocycles. The van der Waals surface area contributed by atoms with Gasteiger partial charge in [0.1, 0.15) is 0 Å². The van der Waals surface area contributed by atoms with E-state index in [4.69, 9.17) is 5.73 Å². The second kappa shape index (κ2) is 11.3. The summed E-state index contributed by atoms with van der Waals surface area (Å²) in [7, 11) is 0. The second-order valence-electron chi connectivity index (χ2n) is 6.87. The van der Waals surface area contributed by atoms with E-state index in [0.717, 1.165) is 50.0 Å².